The highest BCUT2D eigenvalue weighted by Crippen LogP contribution is 2.43. The maximum absolute atomic E-state index is 13.6. The lowest BCUT2D eigenvalue weighted by Crippen LogP contribution is -2.51. The normalized spacial score (nSPS) is 17.1. The predicted molar refractivity (Wildman–Crippen MR) is 151 cm³/mol. The van der Waals surface area contributed by atoms with E-state index in [2.05, 4.69) is 15.5 Å². The van der Waals surface area contributed by atoms with Crippen molar-refractivity contribution in [2.24, 2.45) is 5.41 Å². The number of nitrogens with zero attached hydrogens (tertiary/aromatic N) is 2. The number of aryl methyl sites for hydroxylation is 3. The third-order valence-corrected chi connectivity index (χ3v) is 7.88. The van der Waals surface area contributed by atoms with Crippen molar-refractivity contribution in [2.45, 2.75) is 66.0 Å². The van der Waals surface area contributed by atoms with Crippen LogP contribution in [-0.4, -0.2) is 50.6 Å². The van der Waals surface area contributed by atoms with Crippen LogP contribution < -0.4 is 10.9 Å². The molecule has 1 fully saturated rings. The van der Waals surface area contributed by atoms with Gasteiger partial charge in [-0.1, -0.05) is 35.9 Å². The number of aliphatic carboxylic acids is 1. The van der Waals surface area contributed by atoms with E-state index in [-0.39, 0.29) is 24.1 Å². The molecule has 0 unspecified atom stereocenters. The molecule has 1 aliphatic rings. The van der Waals surface area contributed by atoms with Gasteiger partial charge in [-0.15, -0.1) is 0 Å². The summed E-state index contributed by atoms with van der Waals surface area (Å²) in [5.74, 6) is -1.69. The maximum atomic E-state index is 13.6. The Bertz CT molecular complexity index is 1510. The van der Waals surface area contributed by atoms with Crippen molar-refractivity contribution < 1.29 is 19.5 Å². The third-order valence-electron chi connectivity index (χ3n) is 7.88. The monoisotopic (exact) mass is 544 g/mol. The number of H-pyrrole nitrogens is 1. The lowest BCUT2D eigenvalue weighted by Gasteiger charge is -2.38. The summed E-state index contributed by atoms with van der Waals surface area (Å²) in [6.07, 6.45) is 1.60. The molecule has 0 aliphatic carbocycles. The van der Waals surface area contributed by atoms with Crippen LogP contribution >= 0.6 is 0 Å². The average Bonchev–Trinajstić information content (AvgIpc) is 3.36. The molecule has 0 radical (unpaired) electrons. The number of aromatic nitrogens is 2. The zero-order chi connectivity index (χ0) is 29.2. The van der Waals surface area contributed by atoms with Gasteiger partial charge in [0, 0.05) is 23.6 Å². The highest BCUT2D eigenvalue weighted by molar-refractivity contribution is 5.97. The van der Waals surface area contributed by atoms with Crippen molar-refractivity contribution in [2.75, 3.05) is 6.54 Å². The Hall–Kier alpha value is -4.27. The van der Waals surface area contributed by atoms with Crippen LogP contribution in [-0.2, 0) is 16.0 Å². The van der Waals surface area contributed by atoms with Gasteiger partial charge < -0.3 is 15.3 Å². The van der Waals surface area contributed by atoms with Crippen LogP contribution in [0.2, 0.25) is 0 Å². The van der Waals surface area contributed by atoms with Gasteiger partial charge in [0.2, 0.25) is 5.91 Å². The number of amides is 2. The van der Waals surface area contributed by atoms with E-state index in [1.807, 2.05) is 38.1 Å². The first-order valence-corrected chi connectivity index (χ1v) is 13.4. The number of hydrogen-bond donors (Lipinski definition) is 3. The van der Waals surface area contributed by atoms with Crippen LogP contribution in [0.15, 0.2) is 53.3 Å². The molecule has 210 valence electrons. The molecule has 0 saturated carbocycles. The molecule has 2 aromatic carbocycles. The number of rotatable bonds is 8. The fraction of sp³-hybridized carbons (Fsp3) is 0.387. The lowest BCUT2D eigenvalue weighted by molar-refractivity contribution is -0.153. The zero-order valence-electron chi connectivity index (χ0n) is 23.6. The van der Waals surface area contributed by atoms with Gasteiger partial charge in [-0.25, -0.2) is 5.10 Å². The minimum absolute atomic E-state index is 0.249. The largest absolute Gasteiger partial charge is 0.481 e. The minimum atomic E-state index is -1.15. The molecule has 9 heteroatoms. The third kappa shape index (κ3) is 5.98. The van der Waals surface area contributed by atoms with Crippen molar-refractivity contribution in [3.8, 4) is 0 Å². The second-order valence-corrected chi connectivity index (χ2v) is 11.2. The fourth-order valence-electron chi connectivity index (χ4n) is 5.50. The molecule has 3 N–H and O–H groups in total. The molecule has 2 heterocycles. The number of carboxylic acids is 1. The number of hydrogen-bond acceptors (Lipinski definition) is 5. The summed E-state index contributed by atoms with van der Waals surface area (Å²) in [5.41, 5.74) is 4.06. The number of nitrogens with one attached hydrogen (secondary N) is 2. The topological polar surface area (TPSA) is 132 Å². The molecule has 1 aliphatic heterocycles. The van der Waals surface area contributed by atoms with Crippen LogP contribution in [0.3, 0.4) is 0 Å². The van der Waals surface area contributed by atoms with Crippen molar-refractivity contribution in [3.63, 3.8) is 0 Å². The van der Waals surface area contributed by atoms with E-state index >= 15 is 0 Å². The van der Waals surface area contributed by atoms with Gasteiger partial charge >= 0.3 is 5.97 Å². The first kappa shape index (κ1) is 28.7. The van der Waals surface area contributed by atoms with Crippen molar-refractivity contribution in [1.82, 2.24) is 20.4 Å². The summed E-state index contributed by atoms with van der Waals surface area (Å²) in [5, 5.41) is 19.0. The summed E-state index contributed by atoms with van der Waals surface area (Å²) >= 11 is 0. The van der Waals surface area contributed by atoms with E-state index in [4.69, 9.17) is 0 Å². The summed E-state index contributed by atoms with van der Waals surface area (Å²) < 4.78 is 0. The Labute approximate surface area is 233 Å². The minimum Gasteiger partial charge on any atom is -0.481 e. The van der Waals surface area contributed by atoms with E-state index in [9.17, 15) is 24.3 Å². The standard InChI is InChI=1S/C31H36N4O5/c1-18-7-6-8-22(13-18)25-11-12-26(31(4,5)30(39)40)35(25)27(36)17-32-28(37)23-10-9-21(19(2)14-23)16-24-15-20(3)33-34-29(24)38/h6-10,13-15,25-26H,11-12,16-17H2,1-5H3,(H,32,37)(H,34,38)(H,39,40)/t25-,26+/m0/s1. The van der Waals surface area contributed by atoms with Crippen LogP contribution in [0, 0.1) is 26.2 Å². The molecule has 2 atom stereocenters. The SMILES string of the molecule is Cc1cccc([C@@H]2CC[C@H](C(C)(C)C(=O)O)N2C(=O)CNC(=O)c2ccc(Cc3cc(C)n[nH]c3=O)c(C)c2)c1. The van der Waals surface area contributed by atoms with Gasteiger partial charge in [0.25, 0.3) is 11.5 Å². The average molecular weight is 545 g/mol. The van der Waals surface area contributed by atoms with Gasteiger partial charge in [0.05, 0.1) is 23.7 Å². The molecule has 3 aromatic rings. The Balaban J connectivity index is 1.50. The van der Waals surface area contributed by atoms with Crippen molar-refractivity contribution in [3.05, 3.63) is 98.0 Å². The smallest absolute Gasteiger partial charge is 0.311 e. The van der Waals surface area contributed by atoms with Crippen LogP contribution in [0.1, 0.15) is 76.6 Å². The Morgan fingerprint density at radius 2 is 1.80 bits per heavy atom. The maximum Gasteiger partial charge on any atom is 0.311 e. The molecule has 4 rings (SSSR count). The number of benzene rings is 2. The Morgan fingerprint density at radius 3 is 2.48 bits per heavy atom. The second-order valence-electron chi connectivity index (χ2n) is 11.2. The molecule has 1 saturated heterocycles. The van der Waals surface area contributed by atoms with Crippen LogP contribution in [0.4, 0.5) is 0 Å². The quantitative estimate of drug-likeness (QED) is 0.395. The summed E-state index contributed by atoms with van der Waals surface area (Å²) in [7, 11) is 0. The molecule has 9 nitrogen and oxygen atoms in total. The fourth-order valence-corrected chi connectivity index (χ4v) is 5.50. The number of aromatic amines is 1. The summed E-state index contributed by atoms with van der Waals surface area (Å²) in [4.78, 5) is 52.5. The molecule has 0 spiro atoms. The van der Waals surface area contributed by atoms with Gasteiger partial charge in [-0.05, 0) is 82.3 Å². The van der Waals surface area contributed by atoms with Gasteiger partial charge in [-0.3, -0.25) is 19.2 Å². The van der Waals surface area contributed by atoms with E-state index in [0.29, 0.717) is 36.1 Å². The molecule has 0 bridgehead atoms. The van der Waals surface area contributed by atoms with E-state index in [1.54, 1.807) is 49.9 Å². The highest BCUT2D eigenvalue weighted by Gasteiger charge is 2.48. The molecular weight excluding hydrogens is 508 g/mol. The highest BCUT2D eigenvalue weighted by atomic mass is 16.4. The number of likely N-dealkylation sites (tertiary alicyclic amines) is 1. The van der Waals surface area contributed by atoms with Crippen molar-refractivity contribution in [1.29, 1.82) is 0 Å². The molecular formula is C31H36N4O5. The Kier molecular flexibility index (Phi) is 8.23. The van der Waals surface area contributed by atoms with Gasteiger partial charge in [0.15, 0.2) is 0 Å². The number of carbonyl (C=O) groups excluding carboxylic acids is 2. The lowest BCUT2D eigenvalue weighted by atomic mass is 9.83. The first-order chi connectivity index (χ1) is 18.9. The predicted octanol–water partition coefficient (Wildman–Crippen LogP) is 3.86. The molecule has 1 aromatic heterocycles. The first-order valence-electron chi connectivity index (χ1n) is 13.4. The van der Waals surface area contributed by atoms with Crippen molar-refractivity contribution >= 4 is 17.8 Å². The van der Waals surface area contributed by atoms with E-state index < -0.39 is 23.3 Å². The van der Waals surface area contributed by atoms with Gasteiger partial charge in [-0.2, -0.15) is 5.10 Å². The van der Waals surface area contributed by atoms with E-state index in [0.717, 1.165) is 22.3 Å². The summed E-state index contributed by atoms with van der Waals surface area (Å²) in [6.45, 7) is 8.68. The molecule has 40 heavy (non-hydrogen) atoms. The van der Waals surface area contributed by atoms with Gasteiger partial charge in [0.1, 0.15) is 0 Å². The van der Waals surface area contributed by atoms with Crippen LogP contribution in [0.5, 0.6) is 0 Å². The number of carbonyl (C=O) groups is 3. The number of carboxylic acid groups (broad SMARTS) is 1. The summed E-state index contributed by atoms with van der Waals surface area (Å²) in [6, 6.07) is 14.1. The Morgan fingerprint density at radius 1 is 1.05 bits per heavy atom. The molecule has 2 amide bonds. The van der Waals surface area contributed by atoms with Crippen LogP contribution in [0.25, 0.3) is 0 Å². The van der Waals surface area contributed by atoms with E-state index in [1.165, 1.54) is 0 Å². The zero-order valence-corrected chi connectivity index (χ0v) is 23.6. The second kappa shape index (κ2) is 11.5.